The molecule has 0 aliphatic carbocycles. The van der Waals surface area contributed by atoms with Crippen LogP contribution in [0, 0.1) is 13.8 Å². The van der Waals surface area contributed by atoms with E-state index in [4.69, 9.17) is 4.42 Å². The van der Waals surface area contributed by atoms with E-state index in [1.165, 1.54) is 0 Å². The number of furan rings is 1. The normalized spacial score (nSPS) is 10.6. The lowest BCUT2D eigenvalue weighted by atomic mass is 10.1. The van der Waals surface area contributed by atoms with Crippen molar-refractivity contribution in [2.75, 3.05) is 6.54 Å². The number of hydrogen-bond donors (Lipinski definition) is 1. The Hall–Kier alpha value is -2.30. The predicted octanol–water partition coefficient (Wildman–Crippen LogP) is 2.05. The molecule has 5 heteroatoms. The SMILES string of the molecule is CCn1c(C)cc(C)c(C(=O)NCCc2ccco2)c1=O. The molecule has 1 N–H and O–H groups in total. The monoisotopic (exact) mass is 288 g/mol. The molecule has 0 atom stereocenters. The van der Waals surface area contributed by atoms with Crippen molar-refractivity contribution in [2.45, 2.75) is 33.7 Å². The molecule has 0 aromatic carbocycles. The second-order valence-electron chi connectivity index (χ2n) is 4.98. The van der Waals surface area contributed by atoms with Crippen molar-refractivity contribution >= 4 is 5.91 Å². The first kappa shape index (κ1) is 15.1. The van der Waals surface area contributed by atoms with Gasteiger partial charge in [-0.3, -0.25) is 9.59 Å². The fourth-order valence-corrected chi connectivity index (χ4v) is 2.44. The molecule has 0 unspecified atom stereocenters. The number of nitrogens with one attached hydrogen (secondary N) is 1. The van der Waals surface area contributed by atoms with Crippen LogP contribution in [0.15, 0.2) is 33.7 Å². The van der Waals surface area contributed by atoms with Crippen molar-refractivity contribution in [3.05, 3.63) is 57.4 Å². The second kappa shape index (κ2) is 6.43. The van der Waals surface area contributed by atoms with Crippen LogP contribution in [0.5, 0.6) is 0 Å². The van der Waals surface area contributed by atoms with E-state index in [0.29, 0.717) is 25.1 Å². The van der Waals surface area contributed by atoms with Gasteiger partial charge in [0.15, 0.2) is 0 Å². The molecule has 2 rings (SSSR count). The summed E-state index contributed by atoms with van der Waals surface area (Å²) in [5.74, 6) is 0.480. The van der Waals surface area contributed by atoms with Crippen LogP contribution in [0.4, 0.5) is 0 Å². The Labute approximate surface area is 123 Å². The van der Waals surface area contributed by atoms with Crippen LogP contribution in [0.2, 0.25) is 0 Å². The van der Waals surface area contributed by atoms with Crippen molar-refractivity contribution in [3.63, 3.8) is 0 Å². The molecule has 0 saturated carbocycles. The Morgan fingerprint density at radius 3 is 2.76 bits per heavy atom. The fraction of sp³-hybridized carbons (Fsp3) is 0.375. The molecule has 0 radical (unpaired) electrons. The first-order valence-electron chi connectivity index (χ1n) is 7.06. The predicted molar refractivity (Wildman–Crippen MR) is 80.6 cm³/mol. The van der Waals surface area contributed by atoms with Gasteiger partial charge in [0.05, 0.1) is 6.26 Å². The number of carbonyl (C=O) groups is 1. The molecule has 2 aromatic heterocycles. The summed E-state index contributed by atoms with van der Waals surface area (Å²) in [6.07, 6.45) is 2.20. The highest BCUT2D eigenvalue weighted by atomic mass is 16.3. The van der Waals surface area contributed by atoms with Gasteiger partial charge in [-0.2, -0.15) is 0 Å². The zero-order chi connectivity index (χ0) is 15.4. The lowest BCUT2D eigenvalue weighted by Gasteiger charge is -2.12. The molecule has 112 valence electrons. The largest absolute Gasteiger partial charge is 0.469 e. The highest BCUT2D eigenvalue weighted by molar-refractivity contribution is 5.95. The summed E-state index contributed by atoms with van der Waals surface area (Å²) < 4.78 is 6.81. The molecular weight excluding hydrogens is 268 g/mol. The average Bonchev–Trinajstić information content (AvgIpc) is 2.91. The summed E-state index contributed by atoms with van der Waals surface area (Å²) in [6, 6.07) is 5.53. The van der Waals surface area contributed by atoms with Gasteiger partial charge in [0, 0.05) is 25.2 Å². The topological polar surface area (TPSA) is 64.2 Å². The molecule has 5 nitrogen and oxygen atoms in total. The van der Waals surface area contributed by atoms with E-state index in [1.54, 1.807) is 23.8 Å². The summed E-state index contributed by atoms with van der Waals surface area (Å²) >= 11 is 0. The zero-order valence-corrected chi connectivity index (χ0v) is 12.6. The van der Waals surface area contributed by atoms with Crippen molar-refractivity contribution in [1.29, 1.82) is 0 Å². The van der Waals surface area contributed by atoms with E-state index in [-0.39, 0.29) is 17.0 Å². The highest BCUT2D eigenvalue weighted by Gasteiger charge is 2.16. The summed E-state index contributed by atoms with van der Waals surface area (Å²) in [4.78, 5) is 24.6. The van der Waals surface area contributed by atoms with Gasteiger partial charge in [-0.05, 0) is 44.5 Å². The van der Waals surface area contributed by atoms with E-state index >= 15 is 0 Å². The number of rotatable bonds is 5. The van der Waals surface area contributed by atoms with Crippen LogP contribution in [0.3, 0.4) is 0 Å². The lowest BCUT2D eigenvalue weighted by Crippen LogP contribution is -2.35. The number of amides is 1. The van der Waals surface area contributed by atoms with Crippen LogP contribution < -0.4 is 10.9 Å². The summed E-state index contributed by atoms with van der Waals surface area (Å²) in [7, 11) is 0. The number of aryl methyl sites for hydroxylation is 2. The summed E-state index contributed by atoms with van der Waals surface area (Å²) in [5.41, 5.74) is 1.57. The molecule has 0 saturated heterocycles. The number of aromatic nitrogens is 1. The first-order valence-corrected chi connectivity index (χ1v) is 7.06. The van der Waals surface area contributed by atoms with Crippen molar-refractivity contribution < 1.29 is 9.21 Å². The highest BCUT2D eigenvalue weighted by Crippen LogP contribution is 2.07. The maximum absolute atomic E-state index is 12.4. The van der Waals surface area contributed by atoms with Crippen LogP contribution in [0.1, 0.15) is 34.3 Å². The number of carbonyl (C=O) groups excluding carboxylic acids is 1. The maximum atomic E-state index is 12.4. The Kier molecular flexibility index (Phi) is 4.62. The Balaban J connectivity index is 2.14. The van der Waals surface area contributed by atoms with Crippen molar-refractivity contribution in [2.24, 2.45) is 0 Å². The van der Waals surface area contributed by atoms with Gasteiger partial charge in [0.1, 0.15) is 11.3 Å². The molecule has 2 heterocycles. The van der Waals surface area contributed by atoms with Gasteiger partial charge in [-0.15, -0.1) is 0 Å². The van der Waals surface area contributed by atoms with Gasteiger partial charge in [0.25, 0.3) is 11.5 Å². The Morgan fingerprint density at radius 1 is 1.38 bits per heavy atom. The second-order valence-corrected chi connectivity index (χ2v) is 4.98. The molecule has 0 spiro atoms. The van der Waals surface area contributed by atoms with Gasteiger partial charge in [0.2, 0.25) is 0 Å². The number of nitrogens with zero attached hydrogens (tertiary/aromatic N) is 1. The van der Waals surface area contributed by atoms with Gasteiger partial charge >= 0.3 is 0 Å². The molecule has 0 fully saturated rings. The number of hydrogen-bond acceptors (Lipinski definition) is 3. The molecule has 21 heavy (non-hydrogen) atoms. The van der Waals surface area contributed by atoms with Crippen LogP contribution in [0.25, 0.3) is 0 Å². The average molecular weight is 288 g/mol. The quantitative estimate of drug-likeness (QED) is 0.915. The third-order valence-corrected chi connectivity index (χ3v) is 3.48. The van der Waals surface area contributed by atoms with Gasteiger partial charge < -0.3 is 14.3 Å². The first-order chi connectivity index (χ1) is 10.0. The van der Waals surface area contributed by atoms with Crippen molar-refractivity contribution in [3.8, 4) is 0 Å². The smallest absolute Gasteiger partial charge is 0.263 e. The fourth-order valence-electron chi connectivity index (χ4n) is 2.44. The van der Waals surface area contributed by atoms with Crippen molar-refractivity contribution in [1.82, 2.24) is 9.88 Å². The molecule has 2 aromatic rings. The molecule has 1 amide bonds. The maximum Gasteiger partial charge on any atom is 0.263 e. The van der Waals surface area contributed by atoms with Crippen LogP contribution >= 0.6 is 0 Å². The lowest BCUT2D eigenvalue weighted by molar-refractivity contribution is 0.0951. The molecular formula is C16H20N2O3. The summed E-state index contributed by atoms with van der Waals surface area (Å²) in [6.45, 7) is 6.54. The third kappa shape index (κ3) is 3.24. The Morgan fingerprint density at radius 2 is 2.14 bits per heavy atom. The Bertz CT molecular complexity index is 684. The minimum Gasteiger partial charge on any atom is -0.469 e. The molecule has 0 aliphatic heterocycles. The van der Waals surface area contributed by atoms with E-state index in [9.17, 15) is 9.59 Å². The molecule has 0 aliphatic rings. The standard InChI is InChI=1S/C16H20N2O3/c1-4-18-12(3)10-11(2)14(16(18)20)15(19)17-8-7-13-6-5-9-21-13/h5-6,9-10H,4,7-8H2,1-3H3,(H,17,19). The van der Waals surface area contributed by atoms with Gasteiger partial charge in [-0.25, -0.2) is 0 Å². The van der Waals surface area contributed by atoms with Gasteiger partial charge in [-0.1, -0.05) is 0 Å². The minimum atomic E-state index is -0.328. The third-order valence-electron chi connectivity index (χ3n) is 3.48. The van der Waals surface area contributed by atoms with Crippen LogP contribution in [-0.2, 0) is 13.0 Å². The van der Waals surface area contributed by atoms with E-state index in [1.807, 2.05) is 26.0 Å². The van der Waals surface area contributed by atoms with E-state index in [2.05, 4.69) is 5.32 Å². The van der Waals surface area contributed by atoms with E-state index in [0.717, 1.165) is 11.5 Å². The van der Waals surface area contributed by atoms with Crippen LogP contribution in [-0.4, -0.2) is 17.0 Å². The summed E-state index contributed by atoms with van der Waals surface area (Å²) in [5, 5.41) is 2.78. The van der Waals surface area contributed by atoms with E-state index < -0.39 is 0 Å². The molecule has 0 bridgehead atoms. The number of pyridine rings is 1. The minimum absolute atomic E-state index is 0.224. The zero-order valence-electron chi connectivity index (χ0n) is 12.6.